The number of anilines is 1. The number of allylic oxidation sites excluding steroid dienone is 1. The first-order valence-electron chi connectivity index (χ1n) is 11.7. The van der Waals surface area contributed by atoms with E-state index < -0.39 is 5.60 Å². The second kappa shape index (κ2) is 8.72. The van der Waals surface area contributed by atoms with Gasteiger partial charge in [0.15, 0.2) is 0 Å². The predicted octanol–water partition coefficient (Wildman–Crippen LogP) is 1.28. The van der Waals surface area contributed by atoms with Gasteiger partial charge in [0.05, 0.1) is 30.4 Å². The van der Waals surface area contributed by atoms with Crippen molar-refractivity contribution in [2.75, 3.05) is 18.4 Å². The normalized spacial score (nSPS) is 39.0. The van der Waals surface area contributed by atoms with E-state index in [1.54, 1.807) is 12.1 Å². The van der Waals surface area contributed by atoms with Gasteiger partial charge in [0, 0.05) is 18.3 Å². The molecule has 4 aliphatic heterocycles. The standard InChI is InChI=1S/C23H33FN6O2/c1-23(32)12-3-2-4-13-29-21(31)17-14-25-22(26-16-10-8-15(24)9-11-16)28-20(17)30(29)19-7-5-6-18(23)27-19/h2,4,8-11,17-20,22,25-28,32H,3,5-7,12-14H2,1H3/b4-2-/t17?,18?,19?,20?,22?,23-/m0/s1. The van der Waals surface area contributed by atoms with Gasteiger partial charge < -0.3 is 10.4 Å². The van der Waals surface area contributed by atoms with Crippen molar-refractivity contribution >= 4 is 11.6 Å². The number of hydrogen-bond acceptors (Lipinski definition) is 7. The first kappa shape index (κ1) is 21.8. The number of fused-ring (bicyclic) bond motifs is 6. The molecule has 5 unspecified atom stereocenters. The third-order valence-electron chi connectivity index (χ3n) is 7.25. The second-order valence-corrected chi connectivity index (χ2v) is 9.54. The molecule has 1 amide bonds. The minimum absolute atomic E-state index is 0.0152. The summed E-state index contributed by atoms with van der Waals surface area (Å²) in [5.74, 6) is -0.377. The fraction of sp³-hybridized carbons (Fsp3) is 0.609. The molecule has 4 aliphatic rings. The summed E-state index contributed by atoms with van der Waals surface area (Å²) in [5.41, 5.74) is -0.00136. The van der Waals surface area contributed by atoms with Crippen molar-refractivity contribution in [3.63, 3.8) is 0 Å². The Morgan fingerprint density at radius 1 is 1.19 bits per heavy atom. The van der Waals surface area contributed by atoms with Crippen LogP contribution in [0.15, 0.2) is 36.4 Å². The third kappa shape index (κ3) is 4.15. The number of amides is 1. The highest BCUT2D eigenvalue weighted by Crippen LogP contribution is 2.34. The maximum atomic E-state index is 13.3. The molecule has 6 atom stereocenters. The average molecular weight is 445 g/mol. The summed E-state index contributed by atoms with van der Waals surface area (Å²) in [6.45, 7) is 2.98. The Bertz CT molecular complexity index is 863. The maximum absolute atomic E-state index is 13.3. The highest BCUT2D eigenvalue weighted by Gasteiger charge is 2.52. The summed E-state index contributed by atoms with van der Waals surface area (Å²) >= 11 is 0. The van der Waals surface area contributed by atoms with Crippen molar-refractivity contribution in [2.24, 2.45) is 5.92 Å². The molecule has 32 heavy (non-hydrogen) atoms. The lowest BCUT2D eigenvalue weighted by Gasteiger charge is -2.47. The van der Waals surface area contributed by atoms with Crippen LogP contribution >= 0.6 is 0 Å². The van der Waals surface area contributed by atoms with Gasteiger partial charge in [0.25, 0.3) is 0 Å². The van der Waals surface area contributed by atoms with Gasteiger partial charge >= 0.3 is 0 Å². The van der Waals surface area contributed by atoms with E-state index in [0.717, 1.165) is 31.4 Å². The van der Waals surface area contributed by atoms with Crippen LogP contribution in [0, 0.1) is 11.7 Å². The lowest BCUT2D eigenvalue weighted by atomic mass is 9.85. The van der Waals surface area contributed by atoms with Gasteiger partial charge in [0.1, 0.15) is 12.1 Å². The lowest BCUT2D eigenvalue weighted by molar-refractivity contribution is -0.146. The molecule has 0 spiro atoms. The molecule has 1 aromatic rings. The molecule has 3 fully saturated rings. The van der Waals surface area contributed by atoms with Gasteiger partial charge in [-0.2, -0.15) is 5.01 Å². The third-order valence-corrected chi connectivity index (χ3v) is 7.25. The molecule has 8 nitrogen and oxygen atoms in total. The first-order chi connectivity index (χ1) is 15.4. The molecule has 0 saturated carbocycles. The highest BCUT2D eigenvalue weighted by molar-refractivity contribution is 5.82. The van der Waals surface area contributed by atoms with E-state index in [2.05, 4.69) is 32.4 Å². The van der Waals surface area contributed by atoms with Crippen LogP contribution in [0.3, 0.4) is 0 Å². The Labute approximate surface area is 188 Å². The first-order valence-corrected chi connectivity index (χ1v) is 11.7. The molecule has 5 N–H and O–H groups in total. The van der Waals surface area contributed by atoms with E-state index in [1.165, 1.54) is 12.1 Å². The smallest absolute Gasteiger partial charge is 0.244 e. The van der Waals surface area contributed by atoms with Crippen molar-refractivity contribution in [1.82, 2.24) is 26.0 Å². The van der Waals surface area contributed by atoms with Crippen LogP contribution in [0.4, 0.5) is 10.1 Å². The number of nitrogens with one attached hydrogen (secondary N) is 4. The van der Waals surface area contributed by atoms with Gasteiger partial charge in [-0.25, -0.2) is 4.39 Å². The van der Waals surface area contributed by atoms with Crippen molar-refractivity contribution in [3.8, 4) is 0 Å². The Kier molecular flexibility index (Phi) is 5.94. The van der Waals surface area contributed by atoms with Gasteiger partial charge in [0.2, 0.25) is 5.91 Å². The quantitative estimate of drug-likeness (QED) is 0.439. The zero-order valence-corrected chi connectivity index (χ0v) is 18.4. The summed E-state index contributed by atoms with van der Waals surface area (Å²) in [7, 11) is 0. The largest absolute Gasteiger partial charge is 0.389 e. The molecular formula is C23H33FN6O2. The number of hydrogen-bond donors (Lipinski definition) is 5. The Hall–Kier alpha value is -2.04. The van der Waals surface area contributed by atoms with Gasteiger partial charge in [-0.05, 0) is 63.3 Å². The van der Waals surface area contributed by atoms with E-state index in [4.69, 9.17) is 0 Å². The Morgan fingerprint density at radius 3 is 2.81 bits per heavy atom. The fourth-order valence-corrected chi connectivity index (χ4v) is 5.45. The number of aliphatic hydroxyl groups is 1. The molecule has 5 rings (SSSR count). The van der Waals surface area contributed by atoms with E-state index in [0.29, 0.717) is 19.5 Å². The van der Waals surface area contributed by atoms with Crippen LogP contribution < -0.4 is 21.3 Å². The van der Waals surface area contributed by atoms with E-state index in [-0.39, 0.29) is 42.3 Å². The molecule has 3 saturated heterocycles. The number of benzene rings is 1. The molecule has 1 aromatic carbocycles. The van der Waals surface area contributed by atoms with Gasteiger partial charge in [-0.1, -0.05) is 12.2 Å². The molecule has 0 aliphatic carbocycles. The summed E-state index contributed by atoms with van der Waals surface area (Å²) in [6.07, 6.45) is 7.94. The van der Waals surface area contributed by atoms with Crippen LogP contribution in [-0.4, -0.2) is 64.4 Å². The zero-order valence-electron chi connectivity index (χ0n) is 18.4. The summed E-state index contributed by atoms with van der Waals surface area (Å²) in [4.78, 5) is 13.3. The van der Waals surface area contributed by atoms with Crippen molar-refractivity contribution in [1.29, 1.82) is 0 Å². The van der Waals surface area contributed by atoms with Crippen LogP contribution in [-0.2, 0) is 4.79 Å². The van der Waals surface area contributed by atoms with Crippen LogP contribution in [0.5, 0.6) is 0 Å². The van der Waals surface area contributed by atoms with E-state index in [9.17, 15) is 14.3 Å². The van der Waals surface area contributed by atoms with Crippen LogP contribution in [0.25, 0.3) is 0 Å². The van der Waals surface area contributed by atoms with Crippen molar-refractivity contribution < 1.29 is 14.3 Å². The van der Waals surface area contributed by atoms with Crippen LogP contribution in [0.2, 0.25) is 0 Å². The second-order valence-electron chi connectivity index (χ2n) is 9.54. The summed E-state index contributed by atoms with van der Waals surface area (Å²) in [5, 5.41) is 29.0. The number of carbonyl (C=O) groups is 1. The fourth-order valence-electron chi connectivity index (χ4n) is 5.45. The Balaban J connectivity index is 1.39. The number of carbonyl (C=O) groups excluding carboxylic acids is 1. The zero-order chi connectivity index (χ0) is 22.3. The monoisotopic (exact) mass is 444 g/mol. The summed E-state index contributed by atoms with van der Waals surface area (Å²) in [6, 6.07) is 6.23. The molecular weight excluding hydrogens is 411 g/mol. The minimum atomic E-state index is -0.796. The van der Waals surface area contributed by atoms with Crippen molar-refractivity contribution in [3.05, 3.63) is 42.2 Å². The average Bonchev–Trinajstić information content (AvgIpc) is 3.05. The van der Waals surface area contributed by atoms with Crippen LogP contribution in [0.1, 0.15) is 39.0 Å². The van der Waals surface area contributed by atoms with Gasteiger partial charge in [-0.15, -0.1) is 0 Å². The predicted molar refractivity (Wildman–Crippen MR) is 119 cm³/mol. The molecule has 4 heterocycles. The van der Waals surface area contributed by atoms with E-state index in [1.807, 2.05) is 18.0 Å². The molecule has 0 radical (unpaired) electrons. The lowest BCUT2D eigenvalue weighted by Crippen LogP contribution is -2.69. The SMILES string of the molecule is C[C@]1(O)CC/C=C\CN2C(=O)C3CNC(Nc4ccc(F)cc4)NC3N2C2CCCC1N2. The van der Waals surface area contributed by atoms with Crippen molar-refractivity contribution in [2.45, 2.75) is 69.3 Å². The topological polar surface area (TPSA) is 91.9 Å². The number of hydrazine groups is 1. The number of nitrogens with zero attached hydrogens (tertiary/aromatic N) is 2. The molecule has 2 bridgehead atoms. The van der Waals surface area contributed by atoms with E-state index >= 15 is 0 Å². The molecule has 174 valence electrons. The number of halogens is 1. The maximum Gasteiger partial charge on any atom is 0.244 e. The van der Waals surface area contributed by atoms with Gasteiger partial charge in [-0.3, -0.25) is 25.8 Å². The Morgan fingerprint density at radius 2 is 2.00 bits per heavy atom. The number of piperidine rings is 1. The minimum Gasteiger partial charge on any atom is -0.389 e. The molecule has 9 heteroatoms. The highest BCUT2D eigenvalue weighted by atomic mass is 19.1. The number of rotatable bonds is 2. The summed E-state index contributed by atoms with van der Waals surface area (Å²) < 4.78 is 13.3. The molecule has 0 aromatic heterocycles.